The number of aromatic nitrogens is 1. The molecule has 0 saturated carbocycles. The van der Waals surface area contributed by atoms with E-state index in [-0.39, 0.29) is 11.8 Å². The van der Waals surface area contributed by atoms with Crippen LogP contribution in [0.25, 0.3) is 10.6 Å². The van der Waals surface area contributed by atoms with Gasteiger partial charge in [-0.15, -0.1) is 34.4 Å². The van der Waals surface area contributed by atoms with Crippen LogP contribution in [0, 0.1) is 6.92 Å². The van der Waals surface area contributed by atoms with Crippen LogP contribution in [0.4, 0.5) is 5.13 Å². The van der Waals surface area contributed by atoms with E-state index in [2.05, 4.69) is 31.5 Å². The van der Waals surface area contributed by atoms with Gasteiger partial charge >= 0.3 is 0 Å². The Balaban J connectivity index is 1.59. The van der Waals surface area contributed by atoms with Gasteiger partial charge in [-0.2, -0.15) is 0 Å². The molecule has 146 valence electrons. The molecule has 9 heteroatoms. The monoisotopic (exact) mass is 495 g/mol. The maximum absolute atomic E-state index is 12.3. The minimum absolute atomic E-state index is 0.0502. The molecule has 2 amide bonds. The van der Waals surface area contributed by atoms with E-state index in [1.807, 2.05) is 43.3 Å². The summed E-state index contributed by atoms with van der Waals surface area (Å²) < 4.78 is 1.01. The van der Waals surface area contributed by atoms with E-state index < -0.39 is 0 Å². The molecule has 0 saturated heterocycles. The quantitative estimate of drug-likeness (QED) is 0.435. The summed E-state index contributed by atoms with van der Waals surface area (Å²) >= 11 is 7.95. The Hall–Kier alpha value is -1.68. The summed E-state index contributed by atoms with van der Waals surface area (Å²) in [6.45, 7) is 4.01. The summed E-state index contributed by atoms with van der Waals surface area (Å²) in [6, 6.07) is 11.8. The van der Waals surface area contributed by atoms with Crippen molar-refractivity contribution in [3.63, 3.8) is 0 Å². The largest absolute Gasteiger partial charge is 0.351 e. The Morgan fingerprint density at radius 1 is 1.14 bits per heavy atom. The molecule has 5 nitrogen and oxygen atoms in total. The average molecular weight is 496 g/mol. The maximum atomic E-state index is 12.3. The fourth-order valence-electron chi connectivity index (χ4n) is 2.33. The predicted molar refractivity (Wildman–Crippen MR) is 121 cm³/mol. The van der Waals surface area contributed by atoms with Crippen molar-refractivity contribution in [3.05, 3.63) is 50.6 Å². The molecule has 0 radical (unpaired) electrons. The SMILES string of the molecule is CC(=O)NCc1ccc(-c2nc(NC(=O)CSc3ccc(Br)cc3)sc2C)s1. The fraction of sp³-hybridized carbons (Fsp3) is 0.211. The highest BCUT2D eigenvalue weighted by Gasteiger charge is 2.14. The van der Waals surface area contributed by atoms with Crippen LogP contribution in [0.3, 0.4) is 0 Å². The summed E-state index contributed by atoms with van der Waals surface area (Å²) in [5.74, 6) is 0.201. The van der Waals surface area contributed by atoms with Crippen LogP contribution in [0.1, 0.15) is 16.7 Å². The summed E-state index contributed by atoms with van der Waals surface area (Å²) in [5, 5.41) is 6.28. The molecule has 0 aliphatic heterocycles. The second-order valence-corrected chi connectivity index (χ2v) is 10.2. The van der Waals surface area contributed by atoms with E-state index in [4.69, 9.17) is 0 Å². The first-order valence-corrected chi connectivity index (χ1v) is 11.8. The summed E-state index contributed by atoms with van der Waals surface area (Å²) in [7, 11) is 0. The van der Waals surface area contributed by atoms with Crippen LogP contribution in [0.15, 0.2) is 45.8 Å². The molecule has 2 heterocycles. The number of halogens is 1. The third kappa shape index (κ3) is 5.91. The molecule has 3 rings (SSSR count). The highest BCUT2D eigenvalue weighted by molar-refractivity contribution is 9.10. The van der Waals surface area contributed by atoms with E-state index in [9.17, 15) is 9.59 Å². The number of benzene rings is 1. The van der Waals surface area contributed by atoms with Gasteiger partial charge in [0.2, 0.25) is 11.8 Å². The lowest BCUT2D eigenvalue weighted by molar-refractivity contribution is -0.119. The first-order chi connectivity index (χ1) is 13.4. The number of thiophene rings is 1. The van der Waals surface area contributed by atoms with Crippen LogP contribution in [0.2, 0.25) is 0 Å². The Morgan fingerprint density at radius 2 is 1.89 bits per heavy atom. The van der Waals surface area contributed by atoms with Crippen molar-refractivity contribution < 1.29 is 9.59 Å². The zero-order chi connectivity index (χ0) is 20.1. The van der Waals surface area contributed by atoms with Crippen molar-refractivity contribution in [1.29, 1.82) is 0 Å². The summed E-state index contributed by atoms with van der Waals surface area (Å²) in [4.78, 5) is 32.1. The molecular weight excluding hydrogens is 478 g/mol. The average Bonchev–Trinajstić information content (AvgIpc) is 3.26. The van der Waals surface area contributed by atoms with Gasteiger partial charge in [-0.05, 0) is 43.3 Å². The van der Waals surface area contributed by atoms with Gasteiger partial charge in [0.15, 0.2) is 5.13 Å². The van der Waals surface area contributed by atoms with Gasteiger partial charge in [0, 0.05) is 26.0 Å². The van der Waals surface area contributed by atoms with Crippen LogP contribution in [0.5, 0.6) is 0 Å². The molecule has 0 aliphatic rings. The number of thioether (sulfide) groups is 1. The molecular formula is C19H18BrN3O2S3. The van der Waals surface area contributed by atoms with Gasteiger partial charge in [-0.25, -0.2) is 4.98 Å². The summed E-state index contributed by atoms with van der Waals surface area (Å²) in [5.41, 5.74) is 0.875. The third-order valence-corrected chi connectivity index (χ3v) is 7.15. The normalized spacial score (nSPS) is 10.7. The van der Waals surface area contributed by atoms with Crippen LogP contribution < -0.4 is 10.6 Å². The van der Waals surface area contributed by atoms with Crippen molar-refractivity contribution in [2.75, 3.05) is 11.1 Å². The van der Waals surface area contributed by atoms with E-state index in [0.29, 0.717) is 17.4 Å². The van der Waals surface area contributed by atoms with Crippen molar-refractivity contribution in [2.24, 2.45) is 0 Å². The van der Waals surface area contributed by atoms with E-state index in [0.717, 1.165) is 29.7 Å². The zero-order valence-corrected chi connectivity index (χ0v) is 19.3. The Morgan fingerprint density at radius 3 is 2.61 bits per heavy atom. The Labute approximate surface area is 184 Å². The maximum Gasteiger partial charge on any atom is 0.236 e. The first-order valence-electron chi connectivity index (χ1n) is 8.40. The van der Waals surface area contributed by atoms with Crippen LogP contribution >= 0.6 is 50.4 Å². The molecule has 0 bridgehead atoms. The number of thiazole rings is 1. The highest BCUT2D eigenvalue weighted by atomic mass is 79.9. The fourth-order valence-corrected chi connectivity index (χ4v) is 5.19. The number of carbonyl (C=O) groups excluding carboxylic acids is 2. The van der Waals surface area contributed by atoms with E-state index >= 15 is 0 Å². The van der Waals surface area contributed by atoms with Crippen molar-refractivity contribution in [1.82, 2.24) is 10.3 Å². The zero-order valence-electron chi connectivity index (χ0n) is 15.2. The minimum Gasteiger partial charge on any atom is -0.351 e. The van der Waals surface area contributed by atoms with Crippen molar-refractivity contribution in [3.8, 4) is 10.6 Å². The standard InChI is InChI=1S/C19H18BrN3O2S3/c1-11-18(16-8-7-15(28-16)9-21-12(2)24)23-19(27-11)22-17(25)10-26-14-5-3-13(20)4-6-14/h3-8H,9-10H2,1-2H3,(H,21,24)(H,22,23,25). The lowest BCUT2D eigenvalue weighted by atomic mass is 10.3. The molecule has 0 unspecified atom stereocenters. The third-order valence-electron chi connectivity index (χ3n) is 3.63. The van der Waals surface area contributed by atoms with Gasteiger partial charge in [0.05, 0.1) is 22.9 Å². The molecule has 0 fully saturated rings. The topological polar surface area (TPSA) is 71.1 Å². The van der Waals surface area contributed by atoms with Gasteiger partial charge in [0.1, 0.15) is 0 Å². The number of aryl methyl sites for hydroxylation is 1. The molecule has 2 aromatic heterocycles. The van der Waals surface area contributed by atoms with Gasteiger partial charge in [-0.1, -0.05) is 15.9 Å². The number of hydrogen-bond donors (Lipinski definition) is 2. The number of carbonyl (C=O) groups is 2. The summed E-state index contributed by atoms with van der Waals surface area (Å²) in [6.07, 6.45) is 0. The van der Waals surface area contributed by atoms with E-state index in [1.165, 1.54) is 30.0 Å². The first kappa shape index (κ1) is 21.0. The molecule has 3 aromatic rings. The number of hydrogen-bond acceptors (Lipinski definition) is 6. The Bertz CT molecular complexity index is 983. The molecule has 1 aromatic carbocycles. The van der Waals surface area contributed by atoms with Gasteiger partial charge in [-0.3, -0.25) is 9.59 Å². The number of nitrogens with zero attached hydrogens (tertiary/aromatic N) is 1. The van der Waals surface area contributed by atoms with Crippen LogP contribution in [-0.4, -0.2) is 22.6 Å². The van der Waals surface area contributed by atoms with Gasteiger partial charge < -0.3 is 10.6 Å². The van der Waals surface area contributed by atoms with Gasteiger partial charge in [0.25, 0.3) is 0 Å². The number of rotatable bonds is 7. The number of amides is 2. The molecule has 0 spiro atoms. The lowest BCUT2D eigenvalue weighted by Crippen LogP contribution is -2.17. The van der Waals surface area contributed by atoms with E-state index in [1.54, 1.807) is 11.3 Å². The van der Waals surface area contributed by atoms with Crippen molar-refractivity contribution in [2.45, 2.75) is 25.3 Å². The minimum atomic E-state index is -0.0780. The number of nitrogens with one attached hydrogen (secondary N) is 2. The Kier molecular flexibility index (Phi) is 7.28. The lowest BCUT2D eigenvalue weighted by Gasteiger charge is -2.02. The molecule has 28 heavy (non-hydrogen) atoms. The van der Waals surface area contributed by atoms with Crippen LogP contribution in [-0.2, 0) is 16.1 Å². The van der Waals surface area contributed by atoms with Crippen molar-refractivity contribution >= 4 is 67.3 Å². The highest BCUT2D eigenvalue weighted by Crippen LogP contribution is 2.34. The predicted octanol–water partition coefficient (Wildman–Crippen LogP) is 5.31. The second-order valence-electron chi connectivity index (χ2n) is 5.89. The molecule has 0 atom stereocenters. The number of anilines is 1. The smallest absolute Gasteiger partial charge is 0.236 e. The second kappa shape index (κ2) is 9.69. The molecule has 0 aliphatic carbocycles. The molecule has 2 N–H and O–H groups in total.